The molecule has 1 N–H and O–H groups in total. The first-order valence-corrected chi connectivity index (χ1v) is 11.8. The van der Waals surface area contributed by atoms with Crippen LogP contribution >= 0.6 is 0 Å². The summed E-state index contributed by atoms with van der Waals surface area (Å²) in [5, 5.41) is 2.80. The van der Waals surface area contributed by atoms with E-state index in [9.17, 15) is 17.6 Å². The van der Waals surface area contributed by atoms with Gasteiger partial charge in [0.05, 0.1) is 0 Å². The number of hydrogen-bond donors (Lipinski definition) is 1. The highest BCUT2D eigenvalue weighted by Gasteiger charge is 2.30. The Morgan fingerprint density at radius 1 is 1.13 bits per heavy atom. The Morgan fingerprint density at radius 2 is 1.83 bits per heavy atom. The van der Waals surface area contributed by atoms with Crippen LogP contribution in [0.1, 0.15) is 36.5 Å². The van der Waals surface area contributed by atoms with E-state index in [1.54, 1.807) is 0 Å². The van der Waals surface area contributed by atoms with Crippen LogP contribution in [0, 0.1) is 5.82 Å². The largest absolute Gasteiger partial charge is 0.372 e. The Bertz CT molecular complexity index is 961. The molecule has 0 spiro atoms. The van der Waals surface area contributed by atoms with Crippen LogP contribution in [-0.4, -0.2) is 51.4 Å². The molecular formula is C22H28FN3O3S. The number of halogens is 1. The number of anilines is 1. The number of amides is 1. The van der Waals surface area contributed by atoms with Gasteiger partial charge < -0.3 is 10.2 Å². The van der Waals surface area contributed by atoms with E-state index in [1.165, 1.54) is 10.4 Å². The van der Waals surface area contributed by atoms with Gasteiger partial charge >= 0.3 is 0 Å². The van der Waals surface area contributed by atoms with Crippen LogP contribution < -0.4 is 10.2 Å². The molecule has 1 aliphatic heterocycles. The van der Waals surface area contributed by atoms with Gasteiger partial charge in [0, 0.05) is 44.0 Å². The van der Waals surface area contributed by atoms with E-state index in [1.807, 2.05) is 30.3 Å². The number of hydrogen-bond acceptors (Lipinski definition) is 4. The summed E-state index contributed by atoms with van der Waals surface area (Å²) >= 11 is 0. The maximum Gasteiger partial charge on any atom is 0.251 e. The summed E-state index contributed by atoms with van der Waals surface area (Å²) in [5.74, 6) is -1.24. The third-order valence-corrected chi connectivity index (χ3v) is 7.18. The summed E-state index contributed by atoms with van der Waals surface area (Å²) in [5.41, 5.74) is 1.27. The van der Waals surface area contributed by atoms with Gasteiger partial charge in [-0.1, -0.05) is 18.2 Å². The average molecular weight is 434 g/mol. The molecule has 0 atom stereocenters. The van der Waals surface area contributed by atoms with Crippen molar-refractivity contribution in [2.75, 3.05) is 37.6 Å². The fourth-order valence-corrected chi connectivity index (χ4v) is 5.20. The van der Waals surface area contributed by atoms with E-state index in [4.69, 9.17) is 0 Å². The number of nitrogens with zero attached hydrogens (tertiary/aromatic N) is 2. The molecule has 1 heterocycles. The minimum absolute atomic E-state index is 0.143. The monoisotopic (exact) mass is 433 g/mol. The average Bonchev–Trinajstić information content (AvgIpc) is 3.30. The zero-order valence-electron chi connectivity index (χ0n) is 17.2. The molecule has 0 aliphatic carbocycles. The van der Waals surface area contributed by atoms with Gasteiger partial charge in [0.2, 0.25) is 10.0 Å². The fraction of sp³-hybridized carbons (Fsp3) is 0.409. The smallest absolute Gasteiger partial charge is 0.251 e. The molecule has 0 bridgehead atoms. The number of rotatable bonds is 9. The lowest BCUT2D eigenvalue weighted by Crippen LogP contribution is -2.31. The summed E-state index contributed by atoms with van der Waals surface area (Å²) in [4.78, 5) is 14.3. The van der Waals surface area contributed by atoms with Gasteiger partial charge in [-0.15, -0.1) is 0 Å². The molecule has 162 valence electrons. The maximum atomic E-state index is 14.2. The first kappa shape index (κ1) is 22.2. The normalized spacial score (nSPS) is 14.6. The van der Waals surface area contributed by atoms with Crippen molar-refractivity contribution in [2.24, 2.45) is 0 Å². The molecule has 2 aromatic rings. The van der Waals surface area contributed by atoms with E-state index in [0.717, 1.165) is 50.2 Å². The first-order valence-electron chi connectivity index (χ1n) is 10.3. The van der Waals surface area contributed by atoms with Crippen molar-refractivity contribution in [3.63, 3.8) is 0 Å². The lowest BCUT2D eigenvalue weighted by Gasteiger charge is -2.23. The quantitative estimate of drug-likeness (QED) is 0.617. The van der Waals surface area contributed by atoms with E-state index in [0.29, 0.717) is 19.6 Å². The van der Waals surface area contributed by atoms with Crippen LogP contribution in [0.2, 0.25) is 0 Å². The van der Waals surface area contributed by atoms with Gasteiger partial charge in [-0.3, -0.25) is 4.79 Å². The summed E-state index contributed by atoms with van der Waals surface area (Å²) in [6.07, 6.45) is 2.26. The molecule has 0 saturated carbocycles. The topological polar surface area (TPSA) is 69.7 Å². The van der Waals surface area contributed by atoms with Gasteiger partial charge in [-0.05, 0) is 56.5 Å². The Hall–Kier alpha value is -2.45. The predicted molar refractivity (Wildman–Crippen MR) is 116 cm³/mol. The molecule has 3 rings (SSSR count). The second kappa shape index (κ2) is 10.0. The van der Waals surface area contributed by atoms with Crippen molar-refractivity contribution in [3.05, 3.63) is 59.9 Å². The molecule has 8 heteroatoms. The van der Waals surface area contributed by atoms with Crippen molar-refractivity contribution in [1.82, 2.24) is 9.62 Å². The van der Waals surface area contributed by atoms with Crippen LogP contribution in [0.5, 0.6) is 0 Å². The van der Waals surface area contributed by atoms with Crippen molar-refractivity contribution in [1.29, 1.82) is 0 Å². The highest BCUT2D eigenvalue weighted by Crippen LogP contribution is 2.24. The molecular weight excluding hydrogens is 405 g/mol. The molecule has 0 unspecified atom stereocenters. The van der Waals surface area contributed by atoms with E-state index in [-0.39, 0.29) is 5.56 Å². The van der Waals surface area contributed by atoms with Crippen LogP contribution in [0.3, 0.4) is 0 Å². The Kier molecular flexibility index (Phi) is 7.44. The molecule has 6 nitrogen and oxygen atoms in total. The Morgan fingerprint density at radius 3 is 2.50 bits per heavy atom. The minimum Gasteiger partial charge on any atom is -0.372 e. The van der Waals surface area contributed by atoms with Crippen molar-refractivity contribution in [3.8, 4) is 0 Å². The van der Waals surface area contributed by atoms with E-state index >= 15 is 0 Å². The lowest BCUT2D eigenvalue weighted by molar-refractivity contribution is 0.0953. The lowest BCUT2D eigenvalue weighted by atomic mass is 10.2. The number of para-hydroxylation sites is 1. The van der Waals surface area contributed by atoms with E-state index in [2.05, 4.69) is 17.1 Å². The fourth-order valence-electron chi connectivity index (χ4n) is 3.59. The number of carbonyl (C=O) groups is 1. The van der Waals surface area contributed by atoms with Crippen molar-refractivity contribution in [2.45, 2.75) is 31.1 Å². The summed E-state index contributed by atoms with van der Waals surface area (Å²) in [6, 6.07) is 13.5. The molecule has 1 fully saturated rings. The van der Waals surface area contributed by atoms with Gasteiger partial charge in [0.1, 0.15) is 10.7 Å². The van der Waals surface area contributed by atoms with Gasteiger partial charge in [0.25, 0.3) is 5.91 Å². The van der Waals surface area contributed by atoms with Crippen LogP contribution in [0.25, 0.3) is 0 Å². The molecule has 1 aliphatic rings. The van der Waals surface area contributed by atoms with E-state index < -0.39 is 26.6 Å². The number of carbonyl (C=O) groups excluding carboxylic acids is 1. The standard InChI is InChI=1S/C22H28FN3O3S/c1-2-25(19-9-4-3-5-10-19)14-8-13-24-22(27)18-11-12-20(23)21(17-18)30(28,29)26-15-6-7-16-26/h3-5,9-12,17H,2,6-8,13-16H2,1H3,(H,24,27). The summed E-state index contributed by atoms with van der Waals surface area (Å²) in [7, 11) is -3.92. The highest BCUT2D eigenvalue weighted by atomic mass is 32.2. The molecule has 1 amide bonds. The van der Waals surface area contributed by atoms with Crippen LogP contribution in [0.15, 0.2) is 53.4 Å². The number of benzene rings is 2. The SMILES string of the molecule is CCN(CCCNC(=O)c1ccc(F)c(S(=O)(=O)N2CCCC2)c1)c1ccccc1. The van der Waals surface area contributed by atoms with Crippen molar-refractivity contribution >= 4 is 21.6 Å². The number of sulfonamides is 1. The van der Waals surface area contributed by atoms with Gasteiger partial charge in [0.15, 0.2) is 0 Å². The zero-order chi connectivity index (χ0) is 21.6. The zero-order valence-corrected chi connectivity index (χ0v) is 18.0. The molecule has 2 aromatic carbocycles. The van der Waals surface area contributed by atoms with Gasteiger partial charge in [-0.25, -0.2) is 12.8 Å². The second-order valence-electron chi connectivity index (χ2n) is 7.28. The molecule has 0 aromatic heterocycles. The second-order valence-corrected chi connectivity index (χ2v) is 9.19. The Balaban J connectivity index is 1.59. The Labute approximate surface area is 177 Å². The van der Waals surface area contributed by atoms with Gasteiger partial charge in [-0.2, -0.15) is 4.31 Å². The summed E-state index contributed by atoms with van der Waals surface area (Å²) < 4.78 is 40.9. The van der Waals surface area contributed by atoms with Crippen LogP contribution in [0.4, 0.5) is 10.1 Å². The minimum atomic E-state index is -3.92. The third kappa shape index (κ3) is 5.17. The highest BCUT2D eigenvalue weighted by molar-refractivity contribution is 7.89. The first-order chi connectivity index (χ1) is 14.4. The molecule has 0 radical (unpaired) electrons. The summed E-state index contributed by atoms with van der Waals surface area (Å²) in [6.45, 7) is 4.91. The van der Waals surface area contributed by atoms with Crippen LogP contribution in [-0.2, 0) is 10.0 Å². The molecule has 30 heavy (non-hydrogen) atoms. The van der Waals surface area contributed by atoms with Crippen molar-refractivity contribution < 1.29 is 17.6 Å². The predicted octanol–water partition coefficient (Wildman–Crippen LogP) is 3.26. The number of nitrogens with one attached hydrogen (secondary N) is 1. The third-order valence-electron chi connectivity index (χ3n) is 5.27. The maximum absolute atomic E-state index is 14.2. The molecule has 1 saturated heterocycles.